The lowest BCUT2D eigenvalue weighted by Gasteiger charge is -2.15. The van der Waals surface area contributed by atoms with Gasteiger partial charge in [-0.1, -0.05) is 0 Å². The lowest BCUT2D eigenvalue weighted by molar-refractivity contribution is -0.121. The van der Waals surface area contributed by atoms with E-state index in [2.05, 4.69) is 5.32 Å². The fourth-order valence-corrected chi connectivity index (χ4v) is 1.60. The lowest BCUT2D eigenvalue weighted by Crippen LogP contribution is -2.28. The van der Waals surface area contributed by atoms with Crippen molar-refractivity contribution in [2.24, 2.45) is 5.73 Å². The van der Waals surface area contributed by atoms with E-state index in [-0.39, 0.29) is 23.9 Å². The molecule has 0 fully saturated rings. The third-order valence-electron chi connectivity index (χ3n) is 2.63. The summed E-state index contributed by atoms with van der Waals surface area (Å²) in [6, 6.07) is 2.56. The number of nitrogens with two attached hydrogens (primary N) is 1. The quantitative estimate of drug-likeness (QED) is 0.849. The van der Waals surface area contributed by atoms with Crippen LogP contribution in [0.3, 0.4) is 0 Å². The van der Waals surface area contributed by atoms with Crippen LogP contribution in [-0.4, -0.2) is 11.9 Å². The first-order valence-corrected chi connectivity index (χ1v) is 5.90. The Labute approximate surface area is 105 Å². The van der Waals surface area contributed by atoms with Crippen LogP contribution in [0.1, 0.15) is 38.3 Å². The van der Waals surface area contributed by atoms with Crippen LogP contribution in [0.15, 0.2) is 18.2 Å². The molecule has 0 aromatic heterocycles. The van der Waals surface area contributed by atoms with Crippen molar-refractivity contribution in [1.82, 2.24) is 5.32 Å². The standard InChI is InChI=1S/C13H18F2N2O/c1-8(16)3-6-13(18)17-9(2)11-7-10(14)4-5-12(11)15/h4-5,7-9H,3,6,16H2,1-2H3,(H,17,18). The molecule has 3 nitrogen and oxygen atoms in total. The SMILES string of the molecule is CC(N)CCC(=O)NC(C)c1cc(F)ccc1F. The number of rotatable bonds is 5. The Morgan fingerprint density at radius 1 is 1.39 bits per heavy atom. The van der Waals surface area contributed by atoms with Crippen LogP contribution in [0.5, 0.6) is 0 Å². The molecule has 1 aromatic carbocycles. The molecule has 0 heterocycles. The minimum atomic E-state index is -0.568. The van der Waals surface area contributed by atoms with Crippen LogP contribution >= 0.6 is 0 Å². The molecule has 0 aliphatic carbocycles. The summed E-state index contributed by atoms with van der Waals surface area (Å²) in [5.74, 6) is -1.28. The summed E-state index contributed by atoms with van der Waals surface area (Å²) in [4.78, 5) is 11.5. The maximum atomic E-state index is 13.4. The Bertz CT molecular complexity index is 421. The predicted octanol–water partition coefficient (Wildman–Crippen LogP) is 2.27. The second-order valence-electron chi connectivity index (χ2n) is 4.47. The van der Waals surface area contributed by atoms with Crippen molar-refractivity contribution >= 4 is 5.91 Å². The van der Waals surface area contributed by atoms with Crippen LogP contribution in [0.2, 0.25) is 0 Å². The van der Waals surface area contributed by atoms with Crippen molar-refractivity contribution in [1.29, 1.82) is 0 Å². The summed E-state index contributed by atoms with van der Waals surface area (Å²) in [6.07, 6.45) is 0.836. The van der Waals surface area contributed by atoms with E-state index in [1.54, 1.807) is 6.92 Å². The molecule has 2 unspecified atom stereocenters. The van der Waals surface area contributed by atoms with E-state index in [4.69, 9.17) is 5.73 Å². The van der Waals surface area contributed by atoms with Crippen molar-refractivity contribution in [3.8, 4) is 0 Å². The minimum Gasteiger partial charge on any atom is -0.349 e. The molecular weight excluding hydrogens is 238 g/mol. The molecular formula is C13H18F2N2O. The molecule has 5 heteroatoms. The maximum Gasteiger partial charge on any atom is 0.220 e. The molecule has 18 heavy (non-hydrogen) atoms. The molecule has 0 saturated carbocycles. The van der Waals surface area contributed by atoms with Gasteiger partial charge in [-0.2, -0.15) is 0 Å². The zero-order valence-corrected chi connectivity index (χ0v) is 10.5. The van der Waals surface area contributed by atoms with Gasteiger partial charge in [0.15, 0.2) is 0 Å². The molecule has 0 spiro atoms. The first kappa shape index (κ1) is 14.6. The van der Waals surface area contributed by atoms with Crippen molar-refractivity contribution < 1.29 is 13.6 Å². The summed E-state index contributed by atoms with van der Waals surface area (Å²) in [5.41, 5.74) is 5.68. The summed E-state index contributed by atoms with van der Waals surface area (Å²) >= 11 is 0. The highest BCUT2D eigenvalue weighted by atomic mass is 19.1. The van der Waals surface area contributed by atoms with Crippen LogP contribution in [0.25, 0.3) is 0 Å². The summed E-state index contributed by atoms with van der Waals surface area (Å²) in [5, 5.41) is 2.62. The van der Waals surface area contributed by atoms with E-state index in [1.807, 2.05) is 6.92 Å². The first-order valence-electron chi connectivity index (χ1n) is 5.90. The average molecular weight is 256 g/mol. The molecule has 1 amide bonds. The van der Waals surface area contributed by atoms with E-state index < -0.39 is 17.7 Å². The Hall–Kier alpha value is -1.49. The van der Waals surface area contributed by atoms with E-state index in [0.29, 0.717) is 6.42 Å². The summed E-state index contributed by atoms with van der Waals surface area (Å²) < 4.78 is 26.4. The molecule has 0 saturated heterocycles. The molecule has 100 valence electrons. The zero-order valence-electron chi connectivity index (χ0n) is 10.5. The molecule has 0 aliphatic heterocycles. The lowest BCUT2D eigenvalue weighted by atomic mass is 10.1. The highest BCUT2D eigenvalue weighted by molar-refractivity contribution is 5.76. The van der Waals surface area contributed by atoms with Crippen molar-refractivity contribution in [3.05, 3.63) is 35.4 Å². The minimum absolute atomic E-state index is 0.0584. The second kappa shape index (κ2) is 6.44. The van der Waals surface area contributed by atoms with Crippen LogP contribution in [0, 0.1) is 11.6 Å². The number of carbonyl (C=O) groups excluding carboxylic acids is 1. The monoisotopic (exact) mass is 256 g/mol. The highest BCUT2D eigenvalue weighted by Gasteiger charge is 2.14. The van der Waals surface area contributed by atoms with Crippen molar-refractivity contribution in [2.45, 2.75) is 38.8 Å². The Morgan fingerprint density at radius 2 is 2.06 bits per heavy atom. The number of benzene rings is 1. The average Bonchev–Trinajstić information content (AvgIpc) is 2.29. The summed E-state index contributed by atoms with van der Waals surface area (Å²) in [7, 11) is 0. The fraction of sp³-hybridized carbons (Fsp3) is 0.462. The van der Waals surface area contributed by atoms with E-state index in [1.165, 1.54) is 0 Å². The van der Waals surface area contributed by atoms with Crippen LogP contribution in [-0.2, 0) is 4.79 Å². The maximum absolute atomic E-state index is 13.4. The topological polar surface area (TPSA) is 55.1 Å². The molecule has 0 radical (unpaired) electrons. The third-order valence-corrected chi connectivity index (χ3v) is 2.63. The molecule has 0 bridgehead atoms. The Kier molecular flexibility index (Phi) is 5.22. The van der Waals surface area contributed by atoms with Gasteiger partial charge in [0.1, 0.15) is 11.6 Å². The number of hydrogen-bond donors (Lipinski definition) is 2. The Morgan fingerprint density at radius 3 is 2.67 bits per heavy atom. The second-order valence-corrected chi connectivity index (χ2v) is 4.47. The molecule has 2 atom stereocenters. The molecule has 1 aromatic rings. The van der Waals surface area contributed by atoms with E-state index >= 15 is 0 Å². The van der Waals surface area contributed by atoms with Gasteiger partial charge >= 0.3 is 0 Å². The van der Waals surface area contributed by atoms with Gasteiger partial charge in [0.05, 0.1) is 6.04 Å². The molecule has 3 N–H and O–H groups in total. The smallest absolute Gasteiger partial charge is 0.220 e. The van der Waals surface area contributed by atoms with Crippen molar-refractivity contribution in [2.75, 3.05) is 0 Å². The first-order chi connectivity index (χ1) is 8.40. The molecule has 0 aliphatic rings. The van der Waals surface area contributed by atoms with E-state index in [9.17, 15) is 13.6 Å². The Balaban J connectivity index is 2.62. The van der Waals surface area contributed by atoms with Gasteiger partial charge in [-0.3, -0.25) is 4.79 Å². The largest absolute Gasteiger partial charge is 0.349 e. The van der Waals surface area contributed by atoms with Gasteiger partial charge in [0.25, 0.3) is 0 Å². The fourth-order valence-electron chi connectivity index (χ4n) is 1.60. The highest BCUT2D eigenvalue weighted by Crippen LogP contribution is 2.18. The van der Waals surface area contributed by atoms with Gasteiger partial charge in [0.2, 0.25) is 5.91 Å². The number of hydrogen-bond acceptors (Lipinski definition) is 2. The van der Waals surface area contributed by atoms with Crippen LogP contribution < -0.4 is 11.1 Å². The zero-order chi connectivity index (χ0) is 13.7. The van der Waals surface area contributed by atoms with E-state index in [0.717, 1.165) is 18.2 Å². The predicted molar refractivity (Wildman–Crippen MR) is 65.8 cm³/mol. The third kappa shape index (κ3) is 4.41. The van der Waals surface area contributed by atoms with Crippen LogP contribution in [0.4, 0.5) is 8.78 Å². The normalized spacial score (nSPS) is 14.1. The van der Waals surface area contributed by atoms with Gasteiger partial charge < -0.3 is 11.1 Å². The number of halogens is 2. The van der Waals surface area contributed by atoms with Gasteiger partial charge in [-0.25, -0.2) is 8.78 Å². The summed E-state index contributed by atoms with van der Waals surface area (Å²) in [6.45, 7) is 3.42. The number of nitrogens with one attached hydrogen (secondary N) is 1. The van der Waals surface area contributed by atoms with Gasteiger partial charge in [0, 0.05) is 18.0 Å². The molecule has 1 rings (SSSR count). The van der Waals surface area contributed by atoms with Gasteiger partial charge in [-0.15, -0.1) is 0 Å². The van der Waals surface area contributed by atoms with Crippen molar-refractivity contribution in [3.63, 3.8) is 0 Å². The number of amides is 1. The van der Waals surface area contributed by atoms with Gasteiger partial charge in [-0.05, 0) is 38.5 Å². The number of carbonyl (C=O) groups is 1.